The van der Waals surface area contributed by atoms with Crippen LogP contribution >= 0.6 is 0 Å². The summed E-state index contributed by atoms with van der Waals surface area (Å²) in [5, 5.41) is 19.8. The number of nitrogens with one attached hydrogen (secondary N) is 1. The third kappa shape index (κ3) is 5.67. The lowest BCUT2D eigenvalue weighted by Crippen LogP contribution is -2.42. The number of aliphatic hydroxyl groups is 1. The first-order chi connectivity index (χ1) is 7.54. The molecule has 0 spiro atoms. The average molecular weight is 232 g/mol. The van der Waals surface area contributed by atoms with Gasteiger partial charge in [-0.2, -0.15) is 0 Å². The summed E-state index contributed by atoms with van der Waals surface area (Å²) in [6.45, 7) is 2.06. The molecular weight excluding hydrogens is 212 g/mol. The van der Waals surface area contributed by atoms with E-state index in [1.165, 1.54) is 0 Å². The van der Waals surface area contributed by atoms with Crippen LogP contribution in [0.2, 0.25) is 0 Å². The second kappa shape index (κ2) is 8.06. The molecule has 0 saturated carbocycles. The number of carboxylic acids is 1. The van der Waals surface area contributed by atoms with Gasteiger partial charge < -0.3 is 21.3 Å². The minimum absolute atomic E-state index is 0.0144. The van der Waals surface area contributed by atoms with Gasteiger partial charge in [-0.15, -0.1) is 0 Å². The van der Waals surface area contributed by atoms with Gasteiger partial charge in [0, 0.05) is 19.4 Å². The number of hydrogen-bond acceptors (Lipinski definition) is 4. The minimum atomic E-state index is -1.14. The van der Waals surface area contributed by atoms with Crippen LogP contribution in [-0.4, -0.2) is 41.3 Å². The molecule has 0 aromatic rings. The first-order valence-electron chi connectivity index (χ1n) is 5.38. The van der Waals surface area contributed by atoms with Crippen LogP contribution in [-0.2, 0) is 9.59 Å². The van der Waals surface area contributed by atoms with E-state index in [1.54, 1.807) is 0 Å². The van der Waals surface area contributed by atoms with Crippen molar-refractivity contribution < 1.29 is 19.8 Å². The van der Waals surface area contributed by atoms with Crippen molar-refractivity contribution in [3.05, 3.63) is 0 Å². The Morgan fingerprint density at radius 2 is 2.06 bits per heavy atom. The van der Waals surface area contributed by atoms with Crippen LogP contribution in [0.15, 0.2) is 0 Å². The lowest BCUT2D eigenvalue weighted by molar-refractivity contribution is -0.142. The molecule has 0 radical (unpaired) electrons. The largest absolute Gasteiger partial charge is 0.480 e. The molecule has 0 aliphatic heterocycles. The Labute approximate surface area is 94.8 Å². The SMILES string of the molecule is CCC(CN)CC(=O)N[C@@H](CCO)C(=O)O. The maximum atomic E-state index is 11.4. The highest BCUT2D eigenvalue weighted by Gasteiger charge is 2.20. The average Bonchev–Trinajstić information content (AvgIpc) is 2.25. The maximum absolute atomic E-state index is 11.4. The summed E-state index contributed by atoms with van der Waals surface area (Å²) in [7, 11) is 0. The van der Waals surface area contributed by atoms with Crippen molar-refractivity contribution in [2.24, 2.45) is 11.7 Å². The monoisotopic (exact) mass is 232 g/mol. The number of aliphatic hydroxyl groups excluding tert-OH is 1. The van der Waals surface area contributed by atoms with E-state index in [0.29, 0.717) is 6.54 Å². The van der Waals surface area contributed by atoms with E-state index >= 15 is 0 Å². The normalized spacial score (nSPS) is 14.2. The molecule has 6 heteroatoms. The van der Waals surface area contributed by atoms with Gasteiger partial charge in [0.05, 0.1) is 0 Å². The molecule has 0 heterocycles. The zero-order chi connectivity index (χ0) is 12.6. The van der Waals surface area contributed by atoms with Crippen LogP contribution in [0, 0.1) is 5.92 Å². The second-order valence-electron chi connectivity index (χ2n) is 3.68. The molecule has 0 aliphatic carbocycles. The smallest absolute Gasteiger partial charge is 0.326 e. The standard InChI is InChI=1S/C10H20N2O4/c1-2-7(6-11)5-9(14)12-8(3-4-13)10(15)16/h7-8,13H,2-6,11H2,1H3,(H,12,14)(H,15,16)/t7?,8-/m0/s1. The lowest BCUT2D eigenvalue weighted by Gasteiger charge is -2.16. The fraction of sp³-hybridized carbons (Fsp3) is 0.800. The first-order valence-corrected chi connectivity index (χ1v) is 5.38. The predicted molar refractivity (Wildman–Crippen MR) is 58.7 cm³/mol. The van der Waals surface area contributed by atoms with Gasteiger partial charge in [-0.05, 0) is 12.5 Å². The number of carbonyl (C=O) groups is 2. The molecule has 0 saturated heterocycles. The first kappa shape index (κ1) is 14.9. The number of hydrogen-bond donors (Lipinski definition) is 4. The van der Waals surface area contributed by atoms with E-state index in [4.69, 9.17) is 15.9 Å². The van der Waals surface area contributed by atoms with Gasteiger partial charge in [-0.25, -0.2) is 4.79 Å². The second-order valence-corrected chi connectivity index (χ2v) is 3.68. The van der Waals surface area contributed by atoms with Crippen molar-refractivity contribution in [1.82, 2.24) is 5.32 Å². The molecule has 2 atom stereocenters. The predicted octanol–water partition coefficient (Wildman–Crippen LogP) is -0.687. The molecule has 0 aromatic carbocycles. The molecular formula is C10H20N2O4. The van der Waals surface area contributed by atoms with Crippen LogP contribution < -0.4 is 11.1 Å². The molecule has 0 aromatic heterocycles. The summed E-state index contributed by atoms with van der Waals surface area (Å²) in [5.74, 6) is -1.40. The van der Waals surface area contributed by atoms with E-state index in [9.17, 15) is 9.59 Å². The Morgan fingerprint density at radius 1 is 1.44 bits per heavy atom. The van der Waals surface area contributed by atoms with Crippen LogP contribution in [0.3, 0.4) is 0 Å². The number of carbonyl (C=O) groups excluding carboxylic acids is 1. The van der Waals surface area contributed by atoms with Crippen LogP contribution in [0.5, 0.6) is 0 Å². The molecule has 0 fully saturated rings. The number of rotatable bonds is 8. The van der Waals surface area contributed by atoms with Gasteiger partial charge in [0.2, 0.25) is 5.91 Å². The lowest BCUT2D eigenvalue weighted by atomic mass is 10.0. The van der Waals surface area contributed by atoms with Crippen molar-refractivity contribution >= 4 is 11.9 Å². The topological polar surface area (TPSA) is 113 Å². The van der Waals surface area contributed by atoms with Gasteiger partial charge in [0.1, 0.15) is 6.04 Å². The summed E-state index contributed by atoms with van der Waals surface area (Å²) in [5.41, 5.74) is 5.44. The number of nitrogens with two attached hydrogens (primary N) is 1. The van der Waals surface area contributed by atoms with Gasteiger partial charge >= 0.3 is 5.97 Å². The Morgan fingerprint density at radius 3 is 2.44 bits per heavy atom. The number of carboxylic acid groups (broad SMARTS) is 1. The summed E-state index contributed by atoms with van der Waals surface area (Å²) < 4.78 is 0. The van der Waals surface area contributed by atoms with E-state index in [0.717, 1.165) is 6.42 Å². The molecule has 0 rings (SSSR count). The van der Waals surface area contributed by atoms with E-state index in [-0.39, 0.29) is 31.3 Å². The summed E-state index contributed by atoms with van der Waals surface area (Å²) in [4.78, 5) is 22.1. The van der Waals surface area contributed by atoms with Crippen LogP contribution in [0.1, 0.15) is 26.2 Å². The van der Waals surface area contributed by atoms with Crippen molar-refractivity contribution in [3.63, 3.8) is 0 Å². The summed E-state index contributed by atoms with van der Waals surface area (Å²) in [6, 6.07) is -1.02. The van der Waals surface area contributed by atoms with Crippen LogP contribution in [0.25, 0.3) is 0 Å². The van der Waals surface area contributed by atoms with E-state index in [2.05, 4.69) is 5.32 Å². The molecule has 1 amide bonds. The van der Waals surface area contributed by atoms with Crippen molar-refractivity contribution in [1.29, 1.82) is 0 Å². The molecule has 6 nitrogen and oxygen atoms in total. The Bertz CT molecular complexity index is 229. The maximum Gasteiger partial charge on any atom is 0.326 e. The summed E-state index contributed by atoms with van der Waals surface area (Å²) >= 11 is 0. The highest BCUT2D eigenvalue weighted by Crippen LogP contribution is 2.06. The fourth-order valence-electron chi connectivity index (χ4n) is 1.30. The van der Waals surface area contributed by atoms with E-state index < -0.39 is 12.0 Å². The highest BCUT2D eigenvalue weighted by molar-refractivity contribution is 5.83. The third-order valence-electron chi connectivity index (χ3n) is 2.44. The zero-order valence-electron chi connectivity index (χ0n) is 9.48. The van der Waals surface area contributed by atoms with Crippen LogP contribution in [0.4, 0.5) is 0 Å². The molecule has 1 unspecified atom stereocenters. The molecule has 0 bridgehead atoms. The Balaban J connectivity index is 4.13. The quantitative estimate of drug-likeness (QED) is 0.442. The Hall–Kier alpha value is -1.14. The van der Waals surface area contributed by atoms with Gasteiger partial charge in [0.15, 0.2) is 0 Å². The number of amides is 1. The Kier molecular flexibility index (Phi) is 7.49. The highest BCUT2D eigenvalue weighted by atomic mass is 16.4. The van der Waals surface area contributed by atoms with Crippen molar-refractivity contribution in [3.8, 4) is 0 Å². The van der Waals surface area contributed by atoms with Crippen molar-refractivity contribution in [2.75, 3.05) is 13.2 Å². The molecule has 0 aliphatic rings. The van der Waals surface area contributed by atoms with E-state index in [1.807, 2.05) is 6.92 Å². The third-order valence-corrected chi connectivity index (χ3v) is 2.44. The zero-order valence-corrected chi connectivity index (χ0v) is 9.48. The molecule has 94 valence electrons. The summed E-state index contributed by atoms with van der Waals surface area (Å²) in [6.07, 6.45) is 1.02. The fourth-order valence-corrected chi connectivity index (χ4v) is 1.30. The van der Waals surface area contributed by atoms with Gasteiger partial charge in [-0.3, -0.25) is 4.79 Å². The molecule has 5 N–H and O–H groups in total. The van der Waals surface area contributed by atoms with Gasteiger partial charge in [0.25, 0.3) is 0 Å². The number of aliphatic carboxylic acids is 1. The van der Waals surface area contributed by atoms with Crippen molar-refractivity contribution in [2.45, 2.75) is 32.2 Å². The molecule has 16 heavy (non-hydrogen) atoms. The minimum Gasteiger partial charge on any atom is -0.480 e. The van der Waals surface area contributed by atoms with Gasteiger partial charge in [-0.1, -0.05) is 13.3 Å².